The maximum Gasteiger partial charge on any atom is 0.418 e. The second-order valence-electron chi connectivity index (χ2n) is 5.57. The Morgan fingerprint density at radius 2 is 1.88 bits per heavy atom. The molecule has 0 atom stereocenters. The van der Waals surface area contributed by atoms with Crippen LogP contribution in [0.3, 0.4) is 0 Å². The van der Waals surface area contributed by atoms with E-state index in [9.17, 15) is 22.8 Å². The fraction of sp³-hybridized carbons (Fsp3) is 0.278. The summed E-state index contributed by atoms with van der Waals surface area (Å²) < 4.78 is 39.5. The predicted molar refractivity (Wildman–Crippen MR) is 90.2 cm³/mol. The molecule has 1 N–H and O–H groups in total. The fourth-order valence-corrected chi connectivity index (χ4v) is 2.40. The molecule has 1 aromatic carbocycles. The standard InChI is InChI=1S/C18H18F3N3O2/c1-13(25)24(16-7-3-2-6-15(16)18(19,20)21)10-8-17(26)23-12-14-5-4-9-22-11-14/h2-7,9,11H,8,10,12H2,1H3,(H,23,26). The lowest BCUT2D eigenvalue weighted by Gasteiger charge is -2.24. The highest BCUT2D eigenvalue weighted by Gasteiger charge is 2.35. The number of hydrogen-bond acceptors (Lipinski definition) is 3. The first-order valence-electron chi connectivity index (χ1n) is 7.89. The van der Waals surface area contributed by atoms with Gasteiger partial charge in [-0.1, -0.05) is 18.2 Å². The van der Waals surface area contributed by atoms with Crippen LogP contribution in [0.5, 0.6) is 0 Å². The molecule has 0 unspecified atom stereocenters. The maximum absolute atomic E-state index is 13.2. The van der Waals surface area contributed by atoms with Crippen molar-refractivity contribution < 1.29 is 22.8 Å². The molecule has 0 spiro atoms. The van der Waals surface area contributed by atoms with Crippen molar-refractivity contribution in [3.8, 4) is 0 Å². The maximum atomic E-state index is 13.2. The zero-order valence-electron chi connectivity index (χ0n) is 14.1. The summed E-state index contributed by atoms with van der Waals surface area (Å²) >= 11 is 0. The second kappa shape index (κ2) is 8.46. The molecule has 0 aliphatic rings. The van der Waals surface area contributed by atoms with Crippen LogP contribution in [0, 0.1) is 0 Å². The van der Waals surface area contributed by atoms with E-state index in [2.05, 4.69) is 10.3 Å². The highest BCUT2D eigenvalue weighted by Crippen LogP contribution is 2.36. The highest BCUT2D eigenvalue weighted by molar-refractivity contribution is 5.93. The molecule has 8 heteroatoms. The average molecular weight is 365 g/mol. The summed E-state index contributed by atoms with van der Waals surface area (Å²) in [6.07, 6.45) is -1.51. The summed E-state index contributed by atoms with van der Waals surface area (Å²) in [4.78, 5) is 28.7. The van der Waals surface area contributed by atoms with E-state index in [4.69, 9.17) is 0 Å². The minimum Gasteiger partial charge on any atom is -0.352 e. The molecule has 0 radical (unpaired) electrons. The topological polar surface area (TPSA) is 62.3 Å². The molecule has 138 valence electrons. The summed E-state index contributed by atoms with van der Waals surface area (Å²) in [7, 11) is 0. The number of alkyl halides is 3. The number of aromatic nitrogens is 1. The molecule has 2 rings (SSSR count). The smallest absolute Gasteiger partial charge is 0.352 e. The normalized spacial score (nSPS) is 11.1. The number of carbonyl (C=O) groups excluding carboxylic acids is 2. The van der Waals surface area contributed by atoms with Crippen molar-refractivity contribution in [2.45, 2.75) is 26.1 Å². The zero-order chi connectivity index (χ0) is 19.2. The van der Waals surface area contributed by atoms with Crippen LogP contribution in [0.15, 0.2) is 48.8 Å². The number of rotatable bonds is 6. The van der Waals surface area contributed by atoms with Crippen LogP contribution in [0.2, 0.25) is 0 Å². The summed E-state index contributed by atoms with van der Waals surface area (Å²) in [6.45, 7) is 1.27. The van der Waals surface area contributed by atoms with Gasteiger partial charge in [-0.2, -0.15) is 13.2 Å². The van der Waals surface area contributed by atoms with Crippen LogP contribution in [-0.4, -0.2) is 23.3 Å². The number of para-hydroxylation sites is 1. The van der Waals surface area contributed by atoms with Gasteiger partial charge in [0.15, 0.2) is 0 Å². The predicted octanol–water partition coefficient (Wildman–Crippen LogP) is 3.16. The van der Waals surface area contributed by atoms with Crippen LogP contribution < -0.4 is 10.2 Å². The lowest BCUT2D eigenvalue weighted by Crippen LogP contribution is -2.35. The Morgan fingerprint density at radius 1 is 1.15 bits per heavy atom. The zero-order valence-corrected chi connectivity index (χ0v) is 14.1. The molecule has 0 bridgehead atoms. The van der Waals surface area contributed by atoms with Gasteiger partial charge in [0.2, 0.25) is 11.8 Å². The van der Waals surface area contributed by atoms with Crippen LogP contribution in [0.4, 0.5) is 18.9 Å². The monoisotopic (exact) mass is 365 g/mol. The number of benzene rings is 1. The van der Waals surface area contributed by atoms with Crippen molar-refractivity contribution >= 4 is 17.5 Å². The largest absolute Gasteiger partial charge is 0.418 e. The Balaban J connectivity index is 2.03. The van der Waals surface area contributed by atoms with Crippen molar-refractivity contribution in [3.63, 3.8) is 0 Å². The number of pyridine rings is 1. The number of amides is 2. The molecule has 0 fully saturated rings. The van der Waals surface area contributed by atoms with Crippen LogP contribution in [0.1, 0.15) is 24.5 Å². The van der Waals surface area contributed by atoms with Crippen molar-refractivity contribution in [2.24, 2.45) is 0 Å². The molecule has 1 heterocycles. The Bertz CT molecular complexity index is 764. The van der Waals surface area contributed by atoms with E-state index in [0.717, 1.165) is 16.5 Å². The Hall–Kier alpha value is -2.90. The van der Waals surface area contributed by atoms with Gasteiger partial charge in [0.25, 0.3) is 0 Å². The van der Waals surface area contributed by atoms with E-state index in [-0.39, 0.29) is 31.1 Å². The first-order chi connectivity index (χ1) is 12.3. The van der Waals surface area contributed by atoms with Crippen molar-refractivity contribution in [3.05, 3.63) is 59.9 Å². The van der Waals surface area contributed by atoms with Crippen LogP contribution >= 0.6 is 0 Å². The van der Waals surface area contributed by atoms with Gasteiger partial charge in [0, 0.05) is 38.8 Å². The van der Waals surface area contributed by atoms with E-state index in [0.29, 0.717) is 0 Å². The third kappa shape index (κ3) is 5.30. The fourth-order valence-electron chi connectivity index (χ4n) is 2.40. The van der Waals surface area contributed by atoms with Gasteiger partial charge < -0.3 is 10.2 Å². The first-order valence-corrected chi connectivity index (χ1v) is 7.89. The second-order valence-corrected chi connectivity index (χ2v) is 5.57. The molecule has 5 nitrogen and oxygen atoms in total. The van der Waals surface area contributed by atoms with Gasteiger partial charge in [0.1, 0.15) is 0 Å². The molecule has 2 amide bonds. The van der Waals surface area contributed by atoms with E-state index in [1.165, 1.54) is 25.1 Å². The van der Waals surface area contributed by atoms with Crippen molar-refractivity contribution in [2.75, 3.05) is 11.4 Å². The third-order valence-electron chi connectivity index (χ3n) is 3.66. The number of hydrogen-bond donors (Lipinski definition) is 1. The molecule has 0 aliphatic carbocycles. The number of halogens is 3. The van der Waals surface area contributed by atoms with Crippen molar-refractivity contribution in [1.82, 2.24) is 10.3 Å². The Labute approximate surface area is 148 Å². The minimum atomic E-state index is -4.59. The van der Waals surface area contributed by atoms with E-state index in [1.54, 1.807) is 24.5 Å². The molecule has 26 heavy (non-hydrogen) atoms. The minimum absolute atomic E-state index is 0.119. The first kappa shape index (κ1) is 19.4. The third-order valence-corrected chi connectivity index (χ3v) is 3.66. The summed E-state index contributed by atoms with van der Waals surface area (Å²) in [5, 5.41) is 2.65. The molecular formula is C18H18F3N3O2. The average Bonchev–Trinajstić information content (AvgIpc) is 2.60. The molecule has 2 aromatic rings. The number of carbonyl (C=O) groups is 2. The summed E-state index contributed by atoms with van der Waals surface area (Å²) in [5.41, 5.74) is -0.370. The molecular weight excluding hydrogens is 347 g/mol. The van der Waals surface area contributed by atoms with E-state index in [1.807, 2.05) is 0 Å². The van der Waals surface area contributed by atoms with Gasteiger partial charge in [-0.3, -0.25) is 14.6 Å². The number of anilines is 1. The van der Waals surface area contributed by atoms with Gasteiger partial charge in [-0.15, -0.1) is 0 Å². The lowest BCUT2D eigenvalue weighted by molar-refractivity contribution is -0.137. The number of nitrogens with one attached hydrogen (secondary N) is 1. The molecule has 0 aliphatic heterocycles. The van der Waals surface area contributed by atoms with Crippen molar-refractivity contribution in [1.29, 1.82) is 0 Å². The van der Waals surface area contributed by atoms with Crippen LogP contribution in [0.25, 0.3) is 0 Å². The van der Waals surface area contributed by atoms with Gasteiger partial charge in [0.05, 0.1) is 11.3 Å². The Kier molecular flexibility index (Phi) is 6.32. The van der Waals surface area contributed by atoms with E-state index < -0.39 is 17.6 Å². The lowest BCUT2D eigenvalue weighted by atomic mass is 10.1. The van der Waals surface area contributed by atoms with Gasteiger partial charge in [-0.25, -0.2) is 0 Å². The quantitative estimate of drug-likeness (QED) is 0.855. The molecule has 0 saturated heterocycles. The number of nitrogens with zero attached hydrogens (tertiary/aromatic N) is 2. The Morgan fingerprint density at radius 3 is 2.50 bits per heavy atom. The van der Waals surface area contributed by atoms with Crippen LogP contribution in [-0.2, 0) is 22.3 Å². The van der Waals surface area contributed by atoms with Gasteiger partial charge in [-0.05, 0) is 23.8 Å². The summed E-state index contributed by atoms with van der Waals surface area (Å²) in [6, 6.07) is 8.32. The highest BCUT2D eigenvalue weighted by atomic mass is 19.4. The molecule has 1 aromatic heterocycles. The van der Waals surface area contributed by atoms with E-state index >= 15 is 0 Å². The SMILES string of the molecule is CC(=O)N(CCC(=O)NCc1cccnc1)c1ccccc1C(F)(F)F. The molecule has 0 saturated carbocycles. The van der Waals surface area contributed by atoms with Gasteiger partial charge >= 0.3 is 6.18 Å². The summed E-state index contributed by atoms with van der Waals surface area (Å²) in [5.74, 6) is -0.939.